The third-order valence-corrected chi connectivity index (χ3v) is 4.44. The molecule has 2 heterocycles. The van der Waals surface area contributed by atoms with Crippen LogP contribution >= 0.6 is 28.1 Å². The first-order valence-corrected chi connectivity index (χ1v) is 7.84. The monoisotopic (exact) mass is 341 g/mol. The van der Waals surface area contributed by atoms with Gasteiger partial charge in [-0.1, -0.05) is 27.7 Å². The van der Waals surface area contributed by atoms with Gasteiger partial charge in [0.15, 0.2) is 10.4 Å². The number of halogens is 1. The standard InChI is InChI=1S/C14H20BrN3S/c1-8(2)11(9(3)4)7-18-13-12(17-14(18)19)5-10(15)6-16-13/h5-6,8-9,11H,7H2,1-4H3,(H,17,19). The Morgan fingerprint density at radius 2 is 1.95 bits per heavy atom. The number of nitrogens with zero attached hydrogens (tertiary/aromatic N) is 2. The van der Waals surface area contributed by atoms with Crippen LogP contribution < -0.4 is 0 Å². The van der Waals surface area contributed by atoms with Crippen LogP contribution in [0.15, 0.2) is 16.7 Å². The molecule has 0 saturated carbocycles. The van der Waals surface area contributed by atoms with Crippen molar-refractivity contribution in [3.05, 3.63) is 21.5 Å². The molecule has 3 nitrogen and oxygen atoms in total. The summed E-state index contributed by atoms with van der Waals surface area (Å²) in [4.78, 5) is 7.73. The molecule has 19 heavy (non-hydrogen) atoms. The van der Waals surface area contributed by atoms with E-state index in [0.29, 0.717) is 17.8 Å². The normalized spacial score (nSPS) is 12.2. The van der Waals surface area contributed by atoms with Gasteiger partial charge in [-0.05, 0) is 52.0 Å². The summed E-state index contributed by atoms with van der Waals surface area (Å²) >= 11 is 8.88. The Balaban J connectivity index is 2.45. The second-order valence-corrected chi connectivity index (χ2v) is 7.02. The molecule has 0 unspecified atom stereocenters. The lowest BCUT2D eigenvalue weighted by atomic mass is 9.85. The van der Waals surface area contributed by atoms with Crippen LogP contribution in [0.4, 0.5) is 0 Å². The molecule has 2 aromatic heterocycles. The van der Waals surface area contributed by atoms with Crippen LogP contribution in [0, 0.1) is 22.5 Å². The number of pyridine rings is 1. The summed E-state index contributed by atoms with van der Waals surface area (Å²) < 4.78 is 3.85. The number of aromatic nitrogens is 3. The summed E-state index contributed by atoms with van der Waals surface area (Å²) in [6.45, 7) is 10.0. The van der Waals surface area contributed by atoms with Crippen LogP contribution in [-0.2, 0) is 6.54 Å². The summed E-state index contributed by atoms with van der Waals surface area (Å²) in [6.07, 6.45) is 1.82. The summed E-state index contributed by atoms with van der Waals surface area (Å²) in [5.41, 5.74) is 1.94. The number of hydrogen-bond donors (Lipinski definition) is 1. The van der Waals surface area contributed by atoms with Crippen molar-refractivity contribution < 1.29 is 0 Å². The van der Waals surface area contributed by atoms with Crippen LogP contribution in [0.25, 0.3) is 11.2 Å². The highest BCUT2D eigenvalue weighted by molar-refractivity contribution is 9.10. The van der Waals surface area contributed by atoms with Crippen LogP contribution in [-0.4, -0.2) is 14.5 Å². The first-order chi connectivity index (χ1) is 8.90. The summed E-state index contributed by atoms with van der Waals surface area (Å²) in [5.74, 6) is 1.85. The number of imidazole rings is 1. The Morgan fingerprint density at radius 1 is 1.32 bits per heavy atom. The van der Waals surface area contributed by atoms with E-state index in [-0.39, 0.29) is 0 Å². The van der Waals surface area contributed by atoms with E-state index in [1.54, 1.807) is 0 Å². The average molecular weight is 342 g/mol. The molecule has 0 fully saturated rings. The molecule has 0 aliphatic heterocycles. The molecule has 0 aromatic carbocycles. The minimum absolute atomic E-state index is 0.594. The maximum absolute atomic E-state index is 5.44. The molecule has 0 spiro atoms. The SMILES string of the molecule is CC(C)C(Cn1c(=S)[nH]c2cc(Br)cnc21)C(C)C. The molecule has 0 aliphatic carbocycles. The molecule has 2 rings (SSSR count). The zero-order valence-electron chi connectivity index (χ0n) is 11.8. The lowest BCUT2D eigenvalue weighted by Crippen LogP contribution is -2.22. The third-order valence-electron chi connectivity index (χ3n) is 3.68. The van der Waals surface area contributed by atoms with Crippen molar-refractivity contribution >= 4 is 39.3 Å². The molecule has 0 aliphatic rings. The molecule has 104 valence electrons. The maximum atomic E-state index is 5.44. The molecular formula is C14H20BrN3S. The van der Waals surface area contributed by atoms with Crippen molar-refractivity contribution in [2.75, 3.05) is 0 Å². The summed E-state index contributed by atoms with van der Waals surface area (Å²) in [5, 5.41) is 0. The number of H-pyrrole nitrogens is 1. The Kier molecular flexibility index (Phi) is 4.46. The maximum Gasteiger partial charge on any atom is 0.179 e. The van der Waals surface area contributed by atoms with Gasteiger partial charge in [-0.2, -0.15) is 0 Å². The van der Waals surface area contributed by atoms with Crippen molar-refractivity contribution in [1.82, 2.24) is 14.5 Å². The Labute approximate surface area is 127 Å². The highest BCUT2D eigenvalue weighted by Gasteiger charge is 2.20. The van der Waals surface area contributed by atoms with Gasteiger partial charge in [-0.25, -0.2) is 4.98 Å². The van der Waals surface area contributed by atoms with Gasteiger partial charge < -0.3 is 9.55 Å². The van der Waals surface area contributed by atoms with Crippen molar-refractivity contribution in [2.24, 2.45) is 17.8 Å². The molecule has 0 radical (unpaired) electrons. The van der Waals surface area contributed by atoms with E-state index in [2.05, 4.69) is 58.2 Å². The van der Waals surface area contributed by atoms with Crippen molar-refractivity contribution in [2.45, 2.75) is 34.2 Å². The van der Waals surface area contributed by atoms with Gasteiger partial charge >= 0.3 is 0 Å². The number of fused-ring (bicyclic) bond motifs is 1. The first kappa shape index (κ1) is 14.7. The molecule has 2 aromatic rings. The van der Waals surface area contributed by atoms with Crippen LogP contribution in [0.1, 0.15) is 27.7 Å². The van der Waals surface area contributed by atoms with E-state index >= 15 is 0 Å². The lowest BCUT2D eigenvalue weighted by Gasteiger charge is -2.25. The van der Waals surface area contributed by atoms with Gasteiger partial charge in [0.2, 0.25) is 0 Å². The van der Waals surface area contributed by atoms with Crippen molar-refractivity contribution in [1.29, 1.82) is 0 Å². The van der Waals surface area contributed by atoms with E-state index in [1.165, 1.54) is 0 Å². The molecule has 0 bridgehead atoms. The summed E-state index contributed by atoms with van der Waals surface area (Å²) in [6, 6.07) is 2.02. The minimum atomic E-state index is 0.594. The van der Waals surface area contributed by atoms with Gasteiger partial charge in [0, 0.05) is 17.2 Å². The van der Waals surface area contributed by atoms with Gasteiger partial charge in [-0.15, -0.1) is 0 Å². The van der Waals surface area contributed by atoms with Gasteiger partial charge in [-0.3, -0.25) is 0 Å². The Hall–Kier alpha value is -0.680. The zero-order chi connectivity index (χ0) is 14.2. The van der Waals surface area contributed by atoms with E-state index < -0.39 is 0 Å². The molecule has 0 amide bonds. The van der Waals surface area contributed by atoms with Crippen LogP contribution in [0.3, 0.4) is 0 Å². The molecule has 0 saturated heterocycles. The average Bonchev–Trinajstić information content (AvgIpc) is 2.60. The smallest absolute Gasteiger partial charge is 0.179 e. The van der Waals surface area contributed by atoms with E-state index in [0.717, 1.165) is 27.0 Å². The van der Waals surface area contributed by atoms with Crippen molar-refractivity contribution in [3.8, 4) is 0 Å². The Bertz CT molecular complexity index is 619. The van der Waals surface area contributed by atoms with E-state index in [9.17, 15) is 0 Å². The highest BCUT2D eigenvalue weighted by Crippen LogP contribution is 2.25. The van der Waals surface area contributed by atoms with Crippen LogP contribution in [0.2, 0.25) is 0 Å². The largest absolute Gasteiger partial charge is 0.329 e. The molecule has 1 N–H and O–H groups in total. The molecule has 0 atom stereocenters. The van der Waals surface area contributed by atoms with Gasteiger partial charge in [0.25, 0.3) is 0 Å². The Morgan fingerprint density at radius 3 is 2.53 bits per heavy atom. The second kappa shape index (κ2) is 5.75. The quantitative estimate of drug-likeness (QED) is 0.811. The van der Waals surface area contributed by atoms with Crippen LogP contribution in [0.5, 0.6) is 0 Å². The fourth-order valence-corrected chi connectivity index (χ4v) is 3.19. The number of hydrogen-bond acceptors (Lipinski definition) is 2. The predicted octanol–water partition coefficient (Wildman–Crippen LogP) is 4.78. The fraction of sp³-hybridized carbons (Fsp3) is 0.571. The highest BCUT2D eigenvalue weighted by atomic mass is 79.9. The second-order valence-electron chi connectivity index (χ2n) is 5.72. The minimum Gasteiger partial charge on any atom is -0.329 e. The predicted molar refractivity (Wildman–Crippen MR) is 85.8 cm³/mol. The first-order valence-electron chi connectivity index (χ1n) is 6.64. The van der Waals surface area contributed by atoms with Gasteiger partial charge in [0.1, 0.15) is 0 Å². The molecule has 5 heteroatoms. The number of nitrogens with one attached hydrogen (secondary N) is 1. The lowest BCUT2D eigenvalue weighted by molar-refractivity contribution is 0.253. The third kappa shape index (κ3) is 3.08. The van der Waals surface area contributed by atoms with Gasteiger partial charge in [0.05, 0.1) is 5.52 Å². The molecular weight excluding hydrogens is 322 g/mol. The van der Waals surface area contributed by atoms with Crippen molar-refractivity contribution in [3.63, 3.8) is 0 Å². The topological polar surface area (TPSA) is 33.6 Å². The fourth-order valence-electron chi connectivity index (χ4n) is 2.59. The summed E-state index contributed by atoms with van der Waals surface area (Å²) in [7, 11) is 0. The number of aromatic amines is 1. The van der Waals surface area contributed by atoms with E-state index in [4.69, 9.17) is 12.2 Å². The zero-order valence-corrected chi connectivity index (χ0v) is 14.2. The number of rotatable bonds is 4. The van der Waals surface area contributed by atoms with E-state index in [1.807, 2.05) is 12.3 Å².